The molecule has 15 heavy (non-hydrogen) atoms. The fourth-order valence-corrected chi connectivity index (χ4v) is 0.941. The summed E-state index contributed by atoms with van der Waals surface area (Å²) in [6.07, 6.45) is 0. The van der Waals surface area contributed by atoms with Gasteiger partial charge in [0.2, 0.25) is 0 Å². The molecule has 0 unspecified atom stereocenters. The van der Waals surface area contributed by atoms with Crippen LogP contribution in [0.25, 0.3) is 0 Å². The number of ether oxygens (including phenoxy) is 2. The second-order valence-corrected chi connectivity index (χ2v) is 2.57. The van der Waals surface area contributed by atoms with E-state index in [9.17, 15) is 9.90 Å². The van der Waals surface area contributed by atoms with Crippen LogP contribution in [0.15, 0.2) is 24.3 Å². The molecule has 0 aliphatic rings. The Morgan fingerprint density at radius 3 is 2.07 bits per heavy atom. The molecule has 0 bridgehead atoms. The Bertz CT molecular complexity index is 297. The maximum atomic E-state index is 10.1. The standard InChI is InChI=1S/C10H12O4.Li/c1-2-13-8-3-5-9(6-4-8)14-7-10(11)12;/h3-6H,2,7H2,1H3,(H,11,12);/q;+1/p-1. The molecule has 0 saturated carbocycles. The molecule has 0 N–H and O–H groups in total. The summed E-state index contributed by atoms with van der Waals surface area (Å²) in [5.74, 6) is -0.0233. The van der Waals surface area contributed by atoms with E-state index in [4.69, 9.17) is 9.47 Å². The normalized spacial score (nSPS) is 8.87. The van der Waals surface area contributed by atoms with E-state index in [-0.39, 0.29) is 18.9 Å². The van der Waals surface area contributed by atoms with Crippen LogP contribution in [0.4, 0.5) is 0 Å². The average molecular weight is 202 g/mol. The van der Waals surface area contributed by atoms with Crippen molar-refractivity contribution in [3.63, 3.8) is 0 Å². The van der Waals surface area contributed by atoms with Crippen molar-refractivity contribution in [2.45, 2.75) is 6.92 Å². The molecule has 0 radical (unpaired) electrons. The van der Waals surface area contributed by atoms with Gasteiger partial charge in [0.1, 0.15) is 18.1 Å². The Morgan fingerprint density at radius 1 is 1.20 bits per heavy atom. The van der Waals surface area contributed by atoms with E-state index in [1.54, 1.807) is 24.3 Å². The number of aliphatic carboxylic acids is 1. The van der Waals surface area contributed by atoms with Gasteiger partial charge >= 0.3 is 18.9 Å². The molecule has 0 aliphatic heterocycles. The van der Waals surface area contributed by atoms with Crippen molar-refractivity contribution in [2.75, 3.05) is 13.2 Å². The quantitative estimate of drug-likeness (QED) is 0.484. The van der Waals surface area contributed by atoms with E-state index in [1.807, 2.05) is 6.92 Å². The number of hydrogen-bond donors (Lipinski definition) is 0. The number of carboxylic acids is 1. The fraction of sp³-hybridized carbons (Fsp3) is 0.300. The van der Waals surface area contributed by atoms with Crippen molar-refractivity contribution in [2.24, 2.45) is 0 Å². The van der Waals surface area contributed by atoms with E-state index in [2.05, 4.69) is 0 Å². The molecule has 0 aliphatic carbocycles. The topological polar surface area (TPSA) is 58.6 Å². The molecule has 1 aromatic rings. The Kier molecular flexibility index (Phi) is 6.68. The number of benzene rings is 1. The first kappa shape index (κ1) is 13.9. The minimum absolute atomic E-state index is 0. The minimum Gasteiger partial charge on any atom is -0.546 e. The molecule has 0 fully saturated rings. The van der Waals surface area contributed by atoms with E-state index >= 15 is 0 Å². The Balaban J connectivity index is 0.00000196. The first-order chi connectivity index (χ1) is 6.72. The van der Waals surface area contributed by atoms with Crippen molar-refractivity contribution >= 4 is 5.97 Å². The van der Waals surface area contributed by atoms with Gasteiger partial charge < -0.3 is 19.4 Å². The zero-order valence-corrected chi connectivity index (χ0v) is 8.86. The molecule has 0 heterocycles. The van der Waals surface area contributed by atoms with Crippen molar-refractivity contribution in [3.05, 3.63) is 24.3 Å². The predicted octanol–water partition coefficient (Wildman–Crippen LogP) is -2.78. The predicted molar refractivity (Wildman–Crippen MR) is 48.1 cm³/mol. The Labute approximate surface area is 100 Å². The van der Waals surface area contributed by atoms with Crippen LogP contribution in [0.5, 0.6) is 11.5 Å². The Hall–Kier alpha value is -1.11. The van der Waals surface area contributed by atoms with Crippen LogP contribution >= 0.6 is 0 Å². The molecule has 4 nitrogen and oxygen atoms in total. The second-order valence-electron chi connectivity index (χ2n) is 2.57. The smallest absolute Gasteiger partial charge is 0.546 e. The van der Waals surface area contributed by atoms with Crippen LogP contribution in [0, 0.1) is 0 Å². The number of rotatable bonds is 5. The molecule has 1 aromatic carbocycles. The third-order valence-corrected chi connectivity index (χ3v) is 1.49. The first-order valence-corrected chi connectivity index (χ1v) is 4.28. The van der Waals surface area contributed by atoms with Gasteiger partial charge in [-0.05, 0) is 31.2 Å². The largest absolute Gasteiger partial charge is 1.00 e. The van der Waals surface area contributed by atoms with Gasteiger partial charge in [0.15, 0.2) is 0 Å². The van der Waals surface area contributed by atoms with Gasteiger partial charge in [-0.15, -0.1) is 0 Å². The molecule has 0 saturated heterocycles. The van der Waals surface area contributed by atoms with Gasteiger partial charge in [0, 0.05) is 0 Å². The van der Waals surface area contributed by atoms with Crippen LogP contribution < -0.4 is 33.4 Å². The van der Waals surface area contributed by atoms with Gasteiger partial charge in [0.05, 0.1) is 12.6 Å². The molecule has 0 atom stereocenters. The fourth-order valence-electron chi connectivity index (χ4n) is 0.941. The van der Waals surface area contributed by atoms with Crippen molar-refractivity contribution < 1.29 is 38.2 Å². The summed E-state index contributed by atoms with van der Waals surface area (Å²) in [5, 5.41) is 10.1. The summed E-state index contributed by atoms with van der Waals surface area (Å²) in [5.41, 5.74) is 0. The van der Waals surface area contributed by atoms with Crippen LogP contribution in [-0.2, 0) is 4.79 Å². The first-order valence-electron chi connectivity index (χ1n) is 4.28. The number of carbonyl (C=O) groups excluding carboxylic acids is 1. The van der Waals surface area contributed by atoms with Crippen molar-refractivity contribution in [1.29, 1.82) is 0 Å². The van der Waals surface area contributed by atoms with Gasteiger partial charge in [-0.2, -0.15) is 0 Å². The molecular weight excluding hydrogens is 191 g/mol. The van der Waals surface area contributed by atoms with Crippen LogP contribution in [0.2, 0.25) is 0 Å². The summed E-state index contributed by atoms with van der Waals surface area (Å²) in [6.45, 7) is 2.05. The zero-order valence-electron chi connectivity index (χ0n) is 8.86. The summed E-state index contributed by atoms with van der Waals surface area (Å²) >= 11 is 0. The van der Waals surface area contributed by atoms with E-state index in [1.165, 1.54) is 0 Å². The van der Waals surface area contributed by atoms with Crippen molar-refractivity contribution in [3.8, 4) is 11.5 Å². The molecule has 1 rings (SSSR count). The van der Waals surface area contributed by atoms with Crippen molar-refractivity contribution in [1.82, 2.24) is 0 Å². The van der Waals surface area contributed by atoms with Gasteiger partial charge in [-0.25, -0.2) is 0 Å². The van der Waals surface area contributed by atoms with E-state index in [0.717, 1.165) is 5.75 Å². The Morgan fingerprint density at radius 2 is 1.67 bits per heavy atom. The monoisotopic (exact) mass is 202 g/mol. The summed E-state index contributed by atoms with van der Waals surface area (Å²) in [7, 11) is 0. The van der Waals surface area contributed by atoms with Gasteiger partial charge in [-0.3, -0.25) is 0 Å². The third-order valence-electron chi connectivity index (χ3n) is 1.49. The maximum absolute atomic E-state index is 10.1. The number of hydrogen-bond acceptors (Lipinski definition) is 4. The van der Waals surface area contributed by atoms with Gasteiger partial charge in [0.25, 0.3) is 0 Å². The summed E-state index contributed by atoms with van der Waals surface area (Å²) in [6, 6.07) is 6.73. The molecule has 0 aromatic heterocycles. The van der Waals surface area contributed by atoms with Crippen LogP contribution in [-0.4, -0.2) is 19.2 Å². The molecule has 5 heteroatoms. The second kappa shape index (κ2) is 7.21. The minimum atomic E-state index is -1.24. The number of carbonyl (C=O) groups is 1. The van der Waals surface area contributed by atoms with E-state index in [0.29, 0.717) is 12.4 Å². The summed E-state index contributed by atoms with van der Waals surface area (Å²) < 4.78 is 10.1. The molecular formula is C10H11LiO4. The third kappa shape index (κ3) is 5.36. The van der Waals surface area contributed by atoms with E-state index < -0.39 is 12.6 Å². The SMILES string of the molecule is CCOc1ccc(OCC(=O)[O-])cc1.[Li+]. The van der Waals surface area contributed by atoms with Gasteiger partial charge in [-0.1, -0.05) is 0 Å². The molecule has 0 spiro atoms. The molecule has 76 valence electrons. The average Bonchev–Trinajstić information content (AvgIpc) is 2.17. The maximum Gasteiger partial charge on any atom is 1.00 e. The van der Waals surface area contributed by atoms with Crippen LogP contribution in [0.3, 0.4) is 0 Å². The zero-order chi connectivity index (χ0) is 10.4. The molecule has 0 amide bonds. The summed E-state index contributed by atoms with van der Waals surface area (Å²) in [4.78, 5) is 10.1. The van der Waals surface area contributed by atoms with Crippen LogP contribution in [0.1, 0.15) is 6.92 Å². The number of carboxylic acid groups (broad SMARTS) is 1.